The summed E-state index contributed by atoms with van der Waals surface area (Å²) in [6.45, 7) is 3.24. The van der Waals surface area contributed by atoms with Crippen molar-refractivity contribution in [3.05, 3.63) is 0 Å². The van der Waals surface area contributed by atoms with Crippen molar-refractivity contribution in [3.8, 4) is 0 Å². The number of aliphatic hydroxyl groups is 1. The summed E-state index contributed by atoms with van der Waals surface area (Å²) in [5.74, 6) is 0. The van der Waals surface area contributed by atoms with Crippen LogP contribution >= 0.6 is 0 Å². The lowest BCUT2D eigenvalue weighted by Crippen LogP contribution is -2.46. The molecule has 16 heavy (non-hydrogen) atoms. The van der Waals surface area contributed by atoms with Crippen molar-refractivity contribution in [3.63, 3.8) is 0 Å². The van der Waals surface area contributed by atoms with Gasteiger partial charge in [0.05, 0.1) is 6.61 Å². The zero-order valence-electron chi connectivity index (χ0n) is 10.2. The molecule has 1 fully saturated rings. The van der Waals surface area contributed by atoms with Crippen molar-refractivity contribution in [2.75, 3.05) is 19.7 Å². The molecule has 94 valence electrons. The van der Waals surface area contributed by atoms with Crippen molar-refractivity contribution in [2.24, 2.45) is 0 Å². The summed E-state index contributed by atoms with van der Waals surface area (Å²) in [4.78, 5) is 13.6. The maximum Gasteiger partial charge on any atom is 0.317 e. The summed E-state index contributed by atoms with van der Waals surface area (Å²) >= 11 is 0. The molecule has 1 aliphatic carbocycles. The number of rotatable bonds is 5. The molecule has 2 N–H and O–H groups in total. The maximum absolute atomic E-state index is 11.9. The van der Waals surface area contributed by atoms with Crippen LogP contribution in [0.25, 0.3) is 0 Å². The molecule has 1 saturated carbocycles. The summed E-state index contributed by atoms with van der Waals surface area (Å²) in [6.07, 6.45) is 6.87. The molecule has 0 bridgehead atoms. The van der Waals surface area contributed by atoms with Crippen LogP contribution in [0.15, 0.2) is 0 Å². The highest BCUT2D eigenvalue weighted by molar-refractivity contribution is 5.74. The standard InChI is InChI=1S/C12H24N2O2/c1-2-8-14(9-10-15)12(16)13-11-6-4-3-5-7-11/h11,15H,2-10H2,1H3,(H,13,16). The average molecular weight is 228 g/mol. The SMILES string of the molecule is CCCN(CCO)C(=O)NC1CCCCC1. The van der Waals surface area contributed by atoms with Crippen molar-refractivity contribution in [2.45, 2.75) is 51.5 Å². The highest BCUT2D eigenvalue weighted by atomic mass is 16.3. The lowest BCUT2D eigenvalue weighted by Gasteiger charge is -2.27. The summed E-state index contributed by atoms with van der Waals surface area (Å²) in [5, 5.41) is 12.0. The predicted octanol–water partition coefficient (Wildman–Crippen LogP) is 1.73. The van der Waals surface area contributed by atoms with Crippen LogP contribution in [0.2, 0.25) is 0 Å². The van der Waals surface area contributed by atoms with Gasteiger partial charge in [0.25, 0.3) is 0 Å². The van der Waals surface area contributed by atoms with Crippen LogP contribution in [-0.4, -0.2) is 41.8 Å². The third kappa shape index (κ3) is 4.39. The topological polar surface area (TPSA) is 52.6 Å². The van der Waals surface area contributed by atoms with Gasteiger partial charge in [0, 0.05) is 19.1 Å². The van der Waals surface area contributed by atoms with E-state index >= 15 is 0 Å². The molecule has 0 unspecified atom stereocenters. The Balaban J connectivity index is 2.34. The van der Waals surface area contributed by atoms with Crippen LogP contribution in [0.4, 0.5) is 4.79 Å². The van der Waals surface area contributed by atoms with E-state index in [2.05, 4.69) is 5.32 Å². The van der Waals surface area contributed by atoms with Crippen LogP contribution in [0.3, 0.4) is 0 Å². The van der Waals surface area contributed by atoms with Crippen LogP contribution in [0.1, 0.15) is 45.4 Å². The molecule has 0 saturated heterocycles. The molecule has 4 heteroatoms. The Bertz CT molecular complexity index is 197. The fourth-order valence-electron chi connectivity index (χ4n) is 2.22. The van der Waals surface area contributed by atoms with E-state index in [1.165, 1.54) is 19.3 Å². The molecule has 0 heterocycles. The van der Waals surface area contributed by atoms with Crippen LogP contribution in [0, 0.1) is 0 Å². The number of urea groups is 1. The third-order valence-corrected chi connectivity index (χ3v) is 3.08. The van der Waals surface area contributed by atoms with Gasteiger partial charge in [0.15, 0.2) is 0 Å². The number of aliphatic hydroxyl groups excluding tert-OH is 1. The summed E-state index contributed by atoms with van der Waals surface area (Å²) in [6, 6.07) is 0.335. The van der Waals surface area contributed by atoms with Crippen molar-refractivity contribution in [1.29, 1.82) is 0 Å². The fraction of sp³-hybridized carbons (Fsp3) is 0.917. The zero-order chi connectivity index (χ0) is 11.8. The second-order valence-electron chi connectivity index (χ2n) is 4.50. The smallest absolute Gasteiger partial charge is 0.317 e. The molecule has 0 aromatic heterocycles. The lowest BCUT2D eigenvalue weighted by molar-refractivity contribution is 0.171. The van der Waals surface area contributed by atoms with E-state index in [-0.39, 0.29) is 12.6 Å². The van der Waals surface area contributed by atoms with Gasteiger partial charge in [0.1, 0.15) is 0 Å². The van der Waals surface area contributed by atoms with E-state index in [1.807, 2.05) is 6.92 Å². The van der Waals surface area contributed by atoms with Gasteiger partial charge in [-0.25, -0.2) is 4.79 Å². The number of nitrogens with zero attached hydrogens (tertiary/aromatic N) is 1. The third-order valence-electron chi connectivity index (χ3n) is 3.08. The highest BCUT2D eigenvalue weighted by Gasteiger charge is 2.18. The van der Waals surface area contributed by atoms with Crippen molar-refractivity contribution < 1.29 is 9.90 Å². The highest BCUT2D eigenvalue weighted by Crippen LogP contribution is 2.17. The molecule has 1 rings (SSSR count). The molecule has 0 atom stereocenters. The van der Waals surface area contributed by atoms with Gasteiger partial charge >= 0.3 is 6.03 Å². The van der Waals surface area contributed by atoms with Gasteiger partial charge in [-0.3, -0.25) is 0 Å². The van der Waals surface area contributed by atoms with Crippen LogP contribution < -0.4 is 5.32 Å². The lowest BCUT2D eigenvalue weighted by atomic mass is 9.96. The molecule has 4 nitrogen and oxygen atoms in total. The number of carbonyl (C=O) groups is 1. The Morgan fingerprint density at radius 2 is 2.00 bits per heavy atom. The first-order valence-electron chi connectivity index (χ1n) is 6.44. The largest absolute Gasteiger partial charge is 0.395 e. The van der Waals surface area contributed by atoms with Gasteiger partial charge < -0.3 is 15.3 Å². The Morgan fingerprint density at radius 3 is 2.56 bits per heavy atom. The minimum atomic E-state index is -0.0113. The molecule has 1 aliphatic rings. The molecular formula is C12H24N2O2. The van der Waals surface area contributed by atoms with E-state index < -0.39 is 0 Å². The van der Waals surface area contributed by atoms with Crippen molar-refractivity contribution in [1.82, 2.24) is 10.2 Å². The Labute approximate surface area is 98.0 Å². The zero-order valence-corrected chi connectivity index (χ0v) is 10.2. The minimum absolute atomic E-state index is 0.0113. The Kier molecular flexibility index (Phi) is 6.23. The van der Waals surface area contributed by atoms with Gasteiger partial charge in [-0.2, -0.15) is 0 Å². The Hall–Kier alpha value is -0.770. The van der Waals surface area contributed by atoms with Crippen LogP contribution in [0.5, 0.6) is 0 Å². The number of amides is 2. The van der Waals surface area contributed by atoms with Gasteiger partial charge in [-0.15, -0.1) is 0 Å². The van der Waals surface area contributed by atoms with Gasteiger partial charge in [0.2, 0.25) is 0 Å². The minimum Gasteiger partial charge on any atom is -0.395 e. The molecule has 0 aliphatic heterocycles. The summed E-state index contributed by atoms with van der Waals surface area (Å²) < 4.78 is 0. The molecule has 0 spiro atoms. The van der Waals surface area contributed by atoms with E-state index in [0.29, 0.717) is 12.6 Å². The number of carbonyl (C=O) groups excluding carboxylic acids is 1. The number of hydrogen-bond acceptors (Lipinski definition) is 2. The van der Waals surface area contributed by atoms with Gasteiger partial charge in [-0.05, 0) is 19.3 Å². The molecule has 2 amide bonds. The maximum atomic E-state index is 11.9. The first kappa shape index (κ1) is 13.3. The predicted molar refractivity (Wildman–Crippen MR) is 64.4 cm³/mol. The molecule has 0 radical (unpaired) electrons. The number of nitrogens with one attached hydrogen (secondary N) is 1. The fourth-order valence-corrected chi connectivity index (χ4v) is 2.22. The van der Waals surface area contributed by atoms with Crippen LogP contribution in [-0.2, 0) is 0 Å². The molecule has 0 aromatic carbocycles. The molecular weight excluding hydrogens is 204 g/mol. The van der Waals surface area contributed by atoms with E-state index in [0.717, 1.165) is 25.8 Å². The number of hydrogen-bond donors (Lipinski definition) is 2. The van der Waals surface area contributed by atoms with Crippen molar-refractivity contribution >= 4 is 6.03 Å². The molecule has 0 aromatic rings. The summed E-state index contributed by atoms with van der Waals surface area (Å²) in [7, 11) is 0. The first-order valence-corrected chi connectivity index (χ1v) is 6.44. The van der Waals surface area contributed by atoms with E-state index in [9.17, 15) is 4.79 Å². The quantitative estimate of drug-likeness (QED) is 0.753. The van der Waals surface area contributed by atoms with E-state index in [4.69, 9.17) is 5.11 Å². The first-order chi connectivity index (χ1) is 7.77. The normalized spacial score (nSPS) is 17.1. The average Bonchev–Trinajstić information content (AvgIpc) is 2.30. The summed E-state index contributed by atoms with van der Waals surface area (Å²) in [5.41, 5.74) is 0. The van der Waals surface area contributed by atoms with E-state index in [1.54, 1.807) is 4.90 Å². The monoisotopic (exact) mass is 228 g/mol. The second-order valence-corrected chi connectivity index (χ2v) is 4.50. The Morgan fingerprint density at radius 1 is 1.31 bits per heavy atom. The van der Waals surface area contributed by atoms with Gasteiger partial charge in [-0.1, -0.05) is 26.2 Å². The second kappa shape index (κ2) is 7.49.